The number of carbonyl (C=O) groups excluding carboxylic acids is 2. The average Bonchev–Trinajstić information content (AvgIpc) is 2.63. The molecule has 0 bridgehead atoms. The summed E-state index contributed by atoms with van der Waals surface area (Å²) in [5, 5.41) is 10.2. The van der Waals surface area contributed by atoms with E-state index in [4.69, 9.17) is 9.47 Å². The SMILES string of the molecule is CC(=O)N(C)c1ccc(OCc2ccc(C(F)(F)F)c(O)c2C(=O)OC(C)(C)C)cc1. The Morgan fingerprint density at radius 2 is 1.61 bits per heavy atom. The lowest BCUT2D eigenvalue weighted by molar-refractivity contribution is -0.138. The molecule has 0 unspecified atom stereocenters. The van der Waals surface area contributed by atoms with Gasteiger partial charge in [0.1, 0.15) is 29.3 Å². The predicted octanol–water partition coefficient (Wildman–Crippen LogP) is 4.93. The van der Waals surface area contributed by atoms with Crippen molar-refractivity contribution in [2.75, 3.05) is 11.9 Å². The number of hydrogen-bond acceptors (Lipinski definition) is 5. The first kappa shape index (κ1) is 24.0. The molecule has 0 aliphatic rings. The standard InChI is InChI=1S/C22H24F3NO5/c1-13(27)26(5)15-7-9-16(10-8-15)30-12-14-6-11-17(22(23,24)25)19(28)18(14)20(29)31-21(2,3)4/h6-11,28H,12H2,1-5H3. The Hall–Kier alpha value is -3.23. The Bertz CT molecular complexity index is 963. The molecule has 31 heavy (non-hydrogen) atoms. The van der Waals surface area contributed by atoms with Crippen molar-refractivity contribution in [2.24, 2.45) is 0 Å². The summed E-state index contributed by atoms with van der Waals surface area (Å²) in [6, 6.07) is 8.18. The Balaban J connectivity index is 2.34. The van der Waals surface area contributed by atoms with Crippen LogP contribution in [0.4, 0.5) is 18.9 Å². The van der Waals surface area contributed by atoms with Crippen LogP contribution in [0.25, 0.3) is 0 Å². The fourth-order valence-electron chi connectivity index (χ4n) is 2.65. The van der Waals surface area contributed by atoms with Crippen molar-refractivity contribution < 1.29 is 37.3 Å². The third-order valence-electron chi connectivity index (χ3n) is 4.26. The van der Waals surface area contributed by atoms with Gasteiger partial charge in [-0.3, -0.25) is 4.79 Å². The van der Waals surface area contributed by atoms with E-state index >= 15 is 0 Å². The minimum absolute atomic E-state index is 0.0321. The molecule has 0 radical (unpaired) electrons. The number of hydrogen-bond donors (Lipinski definition) is 1. The molecule has 6 nitrogen and oxygen atoms in total. The molecular formula is C22H24F3NO5. The van der Waals surface area contributed by atoms with E-state index in [2.05, 4.69) is 0 Å². The summed E-state index contributed by atoms with van der Waals surface area (Å²) < 4.78 is 50.4. The molecule has 2 aromatic carbocycles. The number of halogens is 3. The molecule has 0 atom stereocenters. The molecule has 0 spiro atoms. The Morgan fingerprint density at radius 3 is 2.10 bits per heavy atom. The summed E-state index contributed by atoms with van der Waals surface area (Å²) in [5.74, 6) is -2.10. The Labute approximate surface area is 178 Å². The Morgan fingerprint density at radius 1 is 1.03 bits per heavy atom. The van der Waals surface area contributed by atoms with Crippen LogP contribution in [0, 0.1) is 0 Å². The van der Waals surface area contributed by atoms with Crippen molar-refractivity contribution >= 4 is 17.6 Å². The lowest BCUT2D eigenvalue weighted by atomic mass is 10.0. The third-order valence-corrected chi connectivity index (χ3v) is 4.26. The lowest BCUT2D eigenvalue weighted by Crippen LogP contribution is -2.25. The average molecular weight is 439 g/mol. The van der Waals surface area contributed by atoms with E-state index in [1.165, 1.54) is 11.8 Å². The van der Waals surface area contributed by atoms with E-state index in [1.54, 1.807) is 52.1 Å². The summed E-state index contributed by atoms with van der Waals surface area (Å²) in [6.07, 6.45) is -4.85. The van der Waals surface area contributed by atoms with Crippen molar-refractivity contribution in [3.8, 4) is 11.5 Å². The topological polar surface area (TPSA) is 76.1 Å². The second-order valence-electron chi connectivity index (χ2n) is 7.86. The number of benzene rings is 2. The quantitative estimate of drug-likeness (QED) is 0.669. The van der Waals surface area contributed by atoms with Crippen LogP contribution >= 0.6 is 0 Å². The van der Waals surface area contributed by atoms with Gasteiger partial charge in [0.05, 0.1) is 5.56 Å². The summed E-state index contributed by atoms with van der Waals surface area (Å²) in [6.45, 7) is 5.81. The van der Waals surface area contributed by atoms with Gasteiger partial charge < -0.3 is 19.5 Å². The molecule has 0 heterocycles. The minimum atomic E-state index is -4.85. The van der Waals surface area contributed by atoms with Gasteiger partial charge in [0.15, 0.2) is 0 Å². The summed E-state index contributed by atoms with van der Waals surface area (Å²) in [7, 11) is 1.61. The predicted molar refractivity (Wildman–Crippen MR) is 108 cm³/mol. The highest BCUT2D eigenvalue weighted by Gasteiger charge is 2.37. The first-order chi connectivity index (χ1) is 14.2. The molecule has 168 valence electrons. The van der Waals surface area contributed by atoms with Crippen LogP contribution in [0.5, 0.6) is 11.5 Å². The maximum Gasteiger partial charge on any atom is 0.419 e. The summed E-state index contributed by atoms with van der Waals surface area (Å²) in [5.41, 5.74) is -2.26. The highest BCUT2D eigenvalue weighted by Crippen LogP contribution is 2.39. The molecule has 2 rings (SSSR count). The number of phenolic OH excluding ortho intramolecular Hbond substituents is 1. The van der Waals surface area contributed by atoms with Gasteiger partial charge in [-0.1, -0.05) is 6.07 Å². The monoisotopic (exact) mass is 439 g/mol. The van der Waals surface area contributed by atoms with Crippen LogP contribution in [0.3, 0.4) is 0 Å². The van der Waals surface area contributed by atoms with Gasteiger partial charge in [0.2, 0.25) is 5.91 Å². The minimum Gasteiger partial charge on any atom is -0.506 e. The number of ether oxygens (including phenoxy) is 2. The third kappa shape index (κ3) is 6.13. The van der Waals surface area contributed by atoms with Crippen molar-refractivity contribution in [3.05, 3.63) is 53.1 Å². The number of phenols is 1. The van der Waals surface area contributed by atoms with Gasteiger partial charge in [0, 0.05) is 25.2 Å². The van der Waals surface area contributed by atoms with Gasteiger partial charge in [-0.25, -0.2) is 4.79 Å². The molecular weight excluding hydrogens is 415 g/mol. The summed E-state index contributed by atoms with van der Waals surface area (Å²) in [4.78, 5) is 25.4. The van der Waals surface area contributed by atoms with Crippen LogP contribution in [0.2, 0.25) is 0 Å². The van der Waals surface area contributed by atoms with E-state index in [1.807, 2.05) is 0 Å². The number of amides is 1. The molecule has 0 saturated carbocycles. The molecule has 1 N–H and O–H groups in total. The van der Waals surface area contributed by atoms with Crippen molar-refractivity contribution in [1.29, 1.82) is 0 Å². The highest BCUT2D eigenvalue weighted by molar-refractivity contribution is 5.95. The van der Waals surface area contributed by atoms with E-state index in [0.29, 0.717) is 17.5 Å². The van der Waals surface area contributed by atoms with Crippen LogP contribution in [0.1, 0.15) is 49.2 Å². The maximum absolute atomic E-state index is 13.2. The second-order valence-corrected chi connectivity index (χ2v) is 7.86. The number of carbonyl (C=O) groups is 2. The lowest BCUT2D eigenvalue weighted by Gasteiger charge is -2.22. The molecule has 0 aliphatic carbocycles. The van der Waals surface area contributed by atoms with E-state index in [9.17, 15) is 27.9 Å². The molecule has 0 saturated heterocycles. The van der Waals surface area contributed by atoms with Gasteiger partial charge in [-0.2, -0.15) is 13.2 Å². The normalized spacial score (nSPS) is 11.7. The van der Waals surface area contributed by atoms with Crippen LogP contribution < -0.4 is 9.64 Å². The molecule has 0 aliphatic heterocycles. The fourth-order valence-corrected chi connectivity index (χ4v) is 2.65. The van der Waals surface area contributed by atoms with Crippen molar-refractivity contribution in [2.45, 2.75) is 46.1 Å². The number of aromatic hydroxyl groups is 1. The highest BCUT2D eigenvalue weighted by atomic mass is 19.4. The van der Waals surface area contributed by atoms with Gasteiger partial charge in [0.25, 0.3) is 0 Å². The van der Waals surface area contributed by atoms with Crippen molar-refractivity contribution in [3.63, 3.8) is 0 Å². The van der Waals surface area contributed by atoms with E-state index < -0.39 is 34.6 Å². The fraction of sp³-hybridized carbons (Fsp3) is 0.364. The zero-order chi connectivity index (χ0) is 23.6. The van der Waals surface area contributed by atoms with E-state index in [0.717, 1.165) is 6.07 Å². The Kier molecular flexibility index (Phi) is 6.88. The number of rotatable bonds is 5. The zero-order valence-electron chi connectivity index (χ0n) is 17.8. The number of nitrogens with zero attached hydrogens (tertiary/aromatic N) is 1. The van der Waals surface area contributed by atoms with Crippen LogP contribution in [-0.2, 0) is 22.3 Å². The summed E-state index contributed by atoms with van der Waals surface area (Å²) >= 11 is 0. The number of alkyl halides is 3. The largest absolute Gasteiger partial charge is 0.506 e. The molecule has 9 heteroatoms. The molecule has 0 fully saturated rings. The number of esters is 1. The van der Waals surface area contributed by atoms with Gasteiger partial charge >= 0.3 is 12.1 Å². The smallest absolute Gasteiger partial charge is 0.419 e. The van der Waals surface area contributed by atoms with Crippen molar-refractivity contribution in [1.82, 2.24) is 0 Å². The van der Waals surface area contributed by atoms with E-state index in [-0.39, 0.29) is 18.1 Å². The molecule has 0 aromatic heterocycles. The molecule has 1 amide bonds. The van der Waals surface area contributed by atoms with Gasteiger partial charge in [-0.05, 0) is 51.1 Å². The zero-order valence-corrected chi connectivity index (χ0v) is 17.8. The van der Waals surface area contributed by atoms with Crippen LogP contribution in [0.15, 0.2) is 36.4 Å². The second kappa shape index (κ2) is 8.87. The van der Waals surface area contributed by atoms with Crippen LogP contribution in [-0.4, -0.2) is 29.6 Å². The maximum atomic E-state index is 13.2. The first-order valence-corrected chi connectivity index (χ1v) is 9.33. The molecule has 2 aromatic rings. The first-order valence-electron chi connectivity index (χ1n) is 9.33. The number of anilines is 1. The van der Waals surface area contributed by atoms with Gasteiger partial charge in [-0.15, -0.1) is 0 Å².